The SMILES string of the molecule is O=C(CCN1C(=O)/C(=C2\SC(=S)N(CCC(=O)Nc3ncc(Cc4ccccc4)s3)C2=O)SC1=S)Nc1ncc(Cc2ccccc2)s1. The smallest absolute Gasteiger partial charge is 0.267 e. The van der Waals surface area contributed by atoms with Crippen LogP contribution in [0.3, 0.4) is 0 Å². The number of thioether (sulfide) groups is 2. The van der Waals surface area contributed by atoms with Crippen molar-refractivity contribution >= 4 is 113 Å². The molecule has 2 aromatic heterocycles. The summed E-state index contributed by atoms with van der Waals surface area (Å²) in [5.74, 6) is -1.52. The quantitative estimate of drug-likeness (QED) is 0.130. The third-order valence-electron chi connectivity index (χ3n) is 7.07. The Morgan fingerprint density at radius 2 is 1.04 bits per heavy atom. The van der Waals surface area contributed by atoms with Crippen LogP contribution >= 0.6 is 70.6 Å². The number of rotatable bonds is 12. The van der Waals surface area contributed by atoms with Crippen LogP contribution in [0.25, 0.3) is 0 Å². The summed E-state index contributed by atoms with van der Waals surface area (Å²) in [6.45, 7) is 0.0963. The van der Waals surface area contributed by atoms with Gasteiger partial charge < -0.3 is 10.6 Å². The number of hydrogen-bond donors (Lipinski definition) is 2. The molecule has 0 bridgehead atoms. The minimum absolute atomic E-state index is 0.00373. The van der Waals surface area contributed by atoms with E-state index in [0.717, 1.165) is 44.4 Å². The molecule has 2 saturated heterocycles. The monoisotopic (exact) mass is 750 g/mol. The van der Waals surface area contributed by atoms with Crippen molar-refractivity contribution in [3.05, 3.63) is 104 Å². The van der Waals surface area contributed by atoms with Crippen LogP contribution in [0.15, 0.2) is 82.9 Å². The van der Waals surface area contributed by atoms with E-state index in [1.54, 1.807) is 12.4 Å². The maximum atomic E-state index is 13.3. The summed E-state index contributed by atoms with van der Waals surface area (Å²) in [5.41, 5.74) is 2.30. The van der Waals surface area contributed by atoms with Crippen molar-refractivity contribution < 1.29 is 19.2 Å². The first kappa shape index (κ1) is 34.1. The molecule has 0 radical (unpaired) electrons. The third-order valence-corrected chi connectivity index (χ3v) is 11.9. The van der Waals surface area contributed by atoms with Crippen LogP contribution in [-0.4, -0.2) is 65.1 Å². The molecule has 0 aliphatic carbocycles. The van der Waals surface area contributed by atoms with Crippen LogP contribution in [-0.2, 0) is 32.0 Å². The zero-order valence-electron chi connectivity index (χ0n) is 25.0. The van der Waals surface area contributed by atoms with Gasteiger partial charge in [-0.15, -0.1) is 22.7 Å². The lowest BCUT2D eigenvalue weighted by atomic mass is 10.1. The summed E-state index contributed by atoms with van der Waals surface area (Å²) in [6.07, 6.45) is 4.90. The molecular formula is C32H26N6O4S6. The standard InChI is InChI=1S/C32H26N6O4S6/c39-23(35-29-33-17-21(45-29)15-19-7-3-1-4-8-19)11-13-37-27(41)25(47-31(37)43)26-28(42)38(32(44)48-26)14-12-24(40)36-30-34-18-22(46-30)16-20-9-5-2-6-10-20/h1-10,17-18H,11-16H2,(H,33,35,39)(H,34,36,40)/b26-25+. The Balaban J connectivity index is 0.985. The van der Waals surface area contributed by atoms with Crippen molar-refractivity contribution in [2.75, 3.05) is 23.7 Å². The molecule has 4 amide bonds. The number of nitrogens with zero attached hydrogens (tertiary/aromatic N) is 4. The highest BCUT2D eigenvalue weighted by molar-refractivity contribution is 8.29. The van der Waals surface area contributed by atoms with E-state index in [-0.39, 0.29) is 56.2 Å². The molecule has 2 N–H and O–H groups in total. The van der Waals surface area contributed by atoms with Gasteiger partial charge in [-0.05, 0) is 11.1 Å². The lowest BCUT2D eigenvalue weighted by molar-refractivity contribution is -0.125. The number of carbonyl (C=O) groups is 4. The fourth-order valence-electron chi connectivity index (χ4n) is 4.73. The summed E-state index contributed by atoms with van der Waals surface area (Å²) in [7, 11) is 0. The predicted molar refractivity (Wildman–Crippen MR) is 200 cm³/mol. The summed E-state index contributed by atoms with van der Waals surface area (Å²) in [5, 5.41) is 6.53. The number of aromatic nitrogens is 2. The highest BCUT2D eigenvalue weighted by Gasteiger charge is 2.42. The highest BCUT2D eigenvalue weighted by Crippen LogP contribution is 2.42. The maximum absolute atomic E-state index is 13.3. The molecule has 2 fully saturated rings. The molecule has 0 spiro atoms. The van der Waals surface area contributed by atoms with Crippen LogP contribution in [0.2, 0.25) is 0 Å². The van der Waals surface area contributed by atoms with Gasteiger partial charge in [0.25, 0.3) is 11.8 Å². The molecule has 16 heteroatoms. The summed E-state index contributed by atoms with van der Waals surface area (Å²) < 4.78 is 0.504. The van der Waals surface area contributed by atoms with Crippen molar-refractivity contribution in [2.24, 2.45) is 0 Å². The van der Waals surface area contributed by atoms with Gasteiger partial charge in [0.1, 0.15) is 8.64 Å². The van der Waals surface area contributed by atoms with Gasteiger partial charge in [-0.3, -0.25) is 29.0 Å². The fraction of sp³-hybridized carbons (Fsp3) is 0.188. The largest absolute Gasteiger partial charge is 0.302 e. The molecule has 2 aliphatic rings. The molecule has 2 aromatic carbocycles. The molecule has 0 saturated carbocycles. The van der Waals surface area contributed by atoms with Gasteiger partial charge in [0, 0.05) is 60.9 Å². The van der Waals surface area contributed by atoms with Gasteiger partial charge in [0.05, 0.1) is 9.81 Å². The molecule has 6 rings (SSSR count). The highest BCUT2D eigenvalue weighted by atomic mass is 32.2. The lowest BCUT2D eigenvalue weighted by Crippen LogP contribution is -2.33. The number of hydrogen-bond acceptors (Lipinski definition) is 12. The number of amides is 4. The first-order chi connectivity index (χ1) is 23.2. The molecule has 4 heterocycles. The van der Waals surface area contributed by atoms with Gasteiger partial charge in [0.2, 0.25) is 11.8 Å². The molecular weight excluding hydrogens is 725 g/mol. The Morgan fingerprint density at radius 1 is 0.646 bits per heavy atom. The Labute approximate surface area is 303 Å². The van der Waals surface area contributed by atoms with Crippen LogP contribution in [0.5, 0.6) is 0 Å². The lowest BCUT2D eigenvalue weighted by Gasteiger charge is -2.14. The average Bonchev–Trinajstić information content (AvgIpc) is 3.83. The molecule has 0 unspecified atom stereocenters. The molecule has 48 heavy (non-hydrogen) atoms. The van der Waals surface area contributed by atoms with Crippen LogP contribution in [0, 0.1) is 0 Å². The summed E-state index contributed by atoms with van der Waals surface area (Å²) in [6, 6.07) is 19.9. The minimum Gasteiger partial charge on any atom is -0.302 e. The average molecular weight is 751 g/mol. The number of nitrogens with one attached hydrogen (secondary N) is 2. The maximum Gasteiger partial charge on any atom is 0.267 e. The van der Waals surface area contributed by atoms with Crippen molar-refractivity contribution in [1.29, 1.82) is 0 Å². The van der Waals surface area contributed by atoms with Crippen LogP contribution < -0.4 is 10.6 Å². The topological polar surface area (TPSA) is 125 Å². The van der Waals surface area contributed by atoms with E-state index in [1.165, 1.54) is 32.5 Å². The minimum atomic E-state index is -0.453. The van der Waals surface area contributed by atoms with Crippen molar-refractivity contribution in [3.8, 4) is 0 Å². The Hall–Kier alpha value is -3.80. The second-order valence-electron chi connectivity index (χ2n) is 10.5. The predicted octanol–water partition coefficient (Wildman–Crippen LogP) is 6.07. The Morgan fingerprint density at radius 3 is 1.44 bits per heavy atom. The molecule has 10 nitrogen and oxygen atoms in total. The Bertz CT molecular complexity index is 1790. The first-order valence-electron chi connectivity index (χ1n) is 14.6. The van der Waals surface area contributed by atoms with Crippen molar-refractivity contribution in [2.45, 2.75) is 25.7 Å². The number of benzene rings is 2. The van der Waals surface area contributed by atoms with E-state index in [1.807, 2.05) is 60.7 Å². The van der Waals surface area contributed by atoms with Crippen LogP contribution in [0.1, 0.15) is 33.7 Å². The van der Waals surface area contributed by atoms with Crippen molar-refractivity contribution in [1.82, 2.24) is 19.8 Å². The second kappa shape index (κ2) is 15.6. The third kappa shape index (κ3) is 8.43. The number of thiocarbonyl (C=S) groups is 2. The van der Waals surface area contributed by atoms with Gasteiger partial charge in [-0.2, -0.15) is 0 Å². The molecule has 2 aliphatic heterocycles. The van der Waals surface area contributed by atoms with E-state index in [0.29, 0.717) is 23.1 Å². The van der Waals surface area contributed by atoms with Gasteiger partial charge >= 0.3 is 0 Å². The van der Waals surface area contributed by atoms with Crippen molar-refractivity contribution in [3.63, 3.8) is 0 Å². The van der Waals surface area contributed by atoms with Gasteiger partial charge in [0.15, 0.2) is 10.3 Å². The summed E-state index contributed by atoms with van der Waals surface area (Å²) >= 11 is 15.7. The van der Waals surface area contributed by atoms with Crippen LogP contribution in [0.4, 0.5) is 10.3 Å². The zero-order chi connectivity index (χ0) is 33.6. The second-order valence-corrected chi connectivity index (χ2v) is 16.0. The van der Waals surface area contributed by atoms with Gasteiger partial charge in [-0.25, -0.2) is 9.97 Å². The first-order valence-corrected chi connectivity index (χ1v) is 18.7. The fourth-order valence-corrected chi connectivity index (χ4v) is 9.23. The van der Waals surface area contributed by atoms with E-state index in [4.69, 9.17) is 24.4 Å². The summed E-state index contributed by atoms with van der Waals surface area (Å²) in [4.78, 5) is 65.6. The van der Waals surface area contributed by atoms with Gasteiger partial charge in [-0.1, -0.05) is 109 Å². The van der Waals surface area contributed by atoms with E-state index >= 15 is 0 Å². The Kier molecular flexibility index (Phi) is 11.1. The van der Waals surface area contributed by atoms with E-state index in [2.05, 4.69) is 20.6 Å². The normalized spacial score (nSPS) is 16.2. The van der Waals surface area contributed by atoms with E-state index in [9.17, 15) is 19.2 Å². The number of carbonyl (C=O) groups excluding carboxylic acids is 4. The molecule has 0 atom stereocenters. The molecule has 244 valence electrons. The zero-order valence-corrected chi connectivity index (χ0v) is 29.9. The number of anilines is 2. The number of thiazole rings is 2. The van der Waals surface area contributed by atoms with E-state index < -0.39 is 11.8 Å². The molecule has 4 aromatic rings.